The van der Waals surface area contributed by atoms with Crippen LogP contribution in [0.15, 0.2) is 72.3 Å². The predicted octanol–water partition coefficient (Wildman–Crippen LogP) is 3.67. The third kappa shape index (κ3) is 4.23. The molecular weight excluding hydrogens is 388 g/mol. The van der Waals surface area contributed by atoms with Crippen molar-refractivity contribution in [3.05, 3.63) is 111 Å². The predicted molar refractivity (Wildman–Crippen MR) is 109 cm³/mol. The Morgan fingerprint density at radius 2 is 1.86 bits per heavy atom. The highest BCUT2D eigenvalue weighted by atomic mass is 35.5. The van der Waals surface area contributed by atoms with Gasteiger partial charge in [0, 0.05) is 37.1 Å². The van der Waals surface area contributed by atoms with Crippen LogP contribution in [0.2, 0.25) is 5.15 Å². The summed E-state index contributed by atoms with van der Waals surface area (Å²) in [7, 11) is 0. The second-order valence-electron chi connectivity index (χ2n) is 6.41. The highest BCUT2D eigenvalue weighted by Crippen LogP contribution is 2.16. The standard InChI is InChI=1S/C21H15ClN6O/c1-23-17-4-2-15(3-5-17)8-18-10-25-14-27(18)13-16-6-7-28(21(29)9-16)20-12-24-11-19(22)26-20/h2-7,9-12,14H,8,13H2. The number of halogens is 1. The van der Waals surface area contributed by atoms with Gasteiger partial charge in [0.2, 0.25) is 0 Å². The molecule has 0 unspecified atom stereocenters. The van der Waals surface area contributed by atoms with Crippen molar-refractivity contribution in [2.45, 2.75) is 13.0 Å². The molecule has 0 N–H and O–H groups in total. The second-order valence-corrected chi connectivity index (χ2v) is 6.80. The van der Waals surface area contributed by atoms with Gasteiger partial charge in [-0.1, -0.05) is 35.9 Å². The van der Waals surface area contributed by atoms with Gasteiger partial charge in [-0.2, -0.15) is 0 Å². The summed E-state index contributed by atoms with van der Waals surface area (Å²) in [6, 6.07) is 10.9. The van der Waals surface area contributed by atoms with E-state index in [9.17, 15) is 4.79 Å². The van der Waals surface area contributed by atoms with Crippen molar-refractivity contribution in [2.75, 3.05) is 0 Å². The van der Waals surface area contributed by atoms with Crippen LogP contribution in [0.3, 0.4) is 0 Å². The Balaban J connectivity index is 1.54. The van der Waals surface area contributed by atoms with Crippen LogP contribution in [0.25, 0.3) is 10.7 Å². The number of benzene rings is 1. The van der Waals surface area contributed by atoms with Gasteiger partial charge in [0.05, 0.1) is 25.3 Å². The molecule has 0 radical (unpaired) electrons. The zero-order chi connectivity index (χ0) is 20.2. The van der Waals surface area contributed by atoms with E-state index in [2.05, 4.69) is 19.8 Å². The maximum absolute atomic E-state index is 12.5. The molecule has 0 bridgehead atoms. The molecule has 29 heavy (non-hydrogen) atoms. The van der Waals surface area contributed by atoms with Crippen LogP contribution in [0.5, 0.6) is 0 Å². The molecule has 7 nitrogen and oxygen atoms in total. The van der Waals surface area contributed by atoms with Crippen molar-refractivity contribution in [3.8, 4) is 5.82 Å². The molecule has 4 rings (SSSR count). The molecule has 0 aliphatic rings. The molecule has 142 valence electrons. The number of hydrogen-bond donors (Lipinski definition) is 0. The molecule has 0 saturated carbocycles. The highest BCUT2D eigenvalue weighted by molar-refractivity contribution is 6.29. The molecule has 0 spiro atoms. The van der Waals surface area contributed by atoms with Crippen LogP contribution in [-0.2, 0) is 13.0 Å². The van der Waals surface area contributed by atoms with Gasteiger partial charge in [-0.15, -0.1) is 0 Å². The summed E-state index contributed by atoms with van der Waals surface area (Å²) < 4.78 is 3.40. The molecule has 4 aromatic rings. The zero-order valence-corrected chi connectivity index (χ0v) is 16.0. The van der Waals surface area contributed by atoms with E-state index in [1.807, 2.05) is 29.0 Å². The van der Waals surface area contributed by atoms with Crippen molar-refractivity contribution in [1.29, 1.82) is 0 Å². The number of aromatic nitrogens is 5. The average molecular weight is 403 g/mol. The minimum atomic E-state index is -0.213. The summed E-state index contributed by atoms with van der Waals surface area (Å²) in [6.45, 7) is 7.56. The number of imidazole rings is 1. The highest BCUT2D eigenvalue weighted by Gasteiger charge is 2.08. The zero-order valence-electron chi connectivity index (χ0n) is 15.2. The molecule has 0 aliphatic carbocycles. The average Bonchev–Trinajstić information content (AvgIpc) is 3.15. The Morgan fingerprint density at radius 1 is 1.03 bits per heavy atom. The van der Waals surface area contributed by atoms with Crippen molar-refractivity contribution in [3.63, 3.8) is 0 Å². The molecular formula is C21H15ClN6O. The van der Waals surface area contributed by atoms with E-state index < -0.39 is 0 Å². The topological polar surface area (TPSA) is 70.0 Å². The lowest BCUT2D eigenvalue weighted by molar-refractivity contribution is 0.748. The van der Waals surface area contributed by atoms with Gasteiger partial charge in [0.25, 0.3) is 5.56 Å². The van der Waals surface area contributed by atoms with E-state index >= 15 is 0 Å². The smallest absolute Gasteiger partial charge is 0.256 e. The lowest BCUT2D eigenvalue weighted by Crippen LogP contribution is -2.19. The van der Waals surface area contributed by atoms with Gasteiger partial charge >= 0.3 is 0 Å². The molecule has 0 amide bonds. The van der Waals surface area contributed by atoms with Crippen molar-refractivity contribution >= 4 is 17.3 Å². The van der Waals surface area contributed by atoms with Crippen LogP contribution in [0.1, 0.15) is 16.8 Å². The first-order valence-corrected chi connectivity index (χ1v) is 9.15. The van der Waals surface area contributed by atoms with Crippen LogP contribution >= 0.6 is 11.6 Å². The van der Waals surface area contributed by atoms with Crippen LogP contribution in [-0.4, -0.2) is 24.1 Å². The summed E-state index contributed by atoms with van der Waals surface area (Å²) in [5, 5.41) is 0.228. The Kier molecular flexibility index (Phi) is 5.18. The van der Waals surface area contributed by atoms with Gasteiger partial charge in [-0.25, -0.2) is 14.8 Å². The third-order valence-corrected chi connectivity index (χ3v) is 4.61. The van der Waals surface area contributed by atoms with E-state index in [0.29, 0.717) is 24.5 Å². The van der Waals surface area contributed by atoms with E-state index in [1.165, 1.54) is 17.0 Å². The van der Waals surface area contributed by atoms with Crippen molar-refractivity contribution in [1.82, 2.24) is 24.1 Å². The van der Waals surface area contributed by atoms with Crippen molar-refractivity contribution in [2.24, 2.45) is 0 Å². The molecule has 0 saturated heterocycles. The van der Waals surface area contributed by atoms with Crippen LogP contribution < -0.4 is 5.56 Å². The number of pyridine rings is 1. The molecule has 0 fully saturated rings. The van der Waals surface area contributed by atoms with E-state index in [-0.39, 0.29) is 10.7 Å². The fourth-order valence-corrected chi connectivity index (χ4v) is 3.13. The maximum Gasteiger partial charge on any atom is 0.256 e. The lowest BCUT2D eigenvalue weighted by Gasteiger charge is -2.10. The number of rotatable bonds is 5. The van der Waals surface area contributed by atoms with E-state index in [4.69, 9.17) is 18.2 Å². The summed E-state index contributed by atoms with van der Waals surface area (Å²) in [5.41, 5.74) is 3.37. The first-order valence-electron chi connectivity index (χ1n) is 8.77. The monoisotopic (exact) mass is 402 g/mol. The SMILES string of the molecule is [C-]#[N+]c1ccc(Cc2cncn2Cc2ccn(-c3cncc(Cl)n3)c(=O)c2)cc1. The quantitative estimate of drug-likeness (QED) is 0.477. The fraction of sp³-hybridized carbons (Fsp3) is 0.0952. The number of nitrogens with zero attached hydrogens (tertiary/aromatic N) is 6. The third-order valence-electron chi connectivity index (χ3n) is 4.43. The molecule has 3 heterocycles. The Hall–Kier alpha value is -3.76. The maximum atomic E-state index is 12.5. The Bertz CT molecular complexity index is 1250. The molecule has 0 aliphatic heterocycles. The van der Waals surface area contributed by atoms with Gasteiger partial charge in [0.15, 0.2) is 11.5 Å². The summed E-state index contributed by atoms with van der Waals surface area (Å²) in [6.07, 6.45) is 8.81. The summed E-state index contributed by atoms with van der Waals surface area (Å²) in [4.78, 5) is 28.3. The largest absolute Gasteiger partial charge is 0.330 e. The lowest BCUT2D eigenvalue weighted by atomic mass is 10.1. The van der Waals surface area contributed by atoms with E-state index in [0.717, 1.165) is 16.8 Å². The van der Waals surface area contributed by atoms with Gasteiger partial charge < -0.3 is 4.57 Å². The molecule has 8 heteroatoms. The second kappa shape index (κ2) is 8.09. The van der Waals surface area contributed by atoms with Crippen LogP contribution in [0.4, 0.5) is 5.69 Å². The summed E-state index contributed by atoms with van der Waals surface area (Å²) in [5.74, 6) is 0.375. The normalized spacial score (nSPS) is 10.6. The molecule has 1 aromatic carbocycles. The van der Waals surface area contributed by atoms with Crippen LogP contribution in [0, 0.1) is 6.57 Å². The molecule has 3 aromatic heterocycles. The van der Waals surface area contributed by atoms with Crippen molar-refractivity contribution < 1.29 is 0 Å². The van der Waals surface area contributed by atoms with E-state index in [1.54, 1.807) is 30.7 Å². The van der Waals surface area contributed by atoms with Gasteiger partial charge in [0.1, 0.15) is 5.15 Å². The first kappa shape index (κ1) is 18.6. The first-order chi connectivity index (χ1) is 14.1. The summed E-state index contributed by atoms with van der Waals surface area (Å²) >= 11 is 5.86. The van der Waals surface area contributed by atoms with Gasteiger partial charge in [-0.05, 0) is 17.2 Å². The minimum absolute atomic E-state index is 0.213. The Labute approximate surface area is 171 Å². The fourth-order valence-electron chi connectivity index (χ4n) is 2.99. The number of hydrogen-bond acceptors (Lipinski definition) is 4. The van der Waals surface area contributed by atoms with Gasteiger partial charge in [-0.3, -0.25) is 14.3 Å². The Morgan fingerprint density at radius 3 is 2.59 bits per heavy atom. The minimum Gasteiger partial charge on any atom is -0.330 e. The molecule has 0 atom stereocenters.